The summed E-state index contributed by atoms with van der Waals surface area (Å²) in [7, 11) is 0. The van der Waals surface area contributed by atoms with Gasteiger partial charge in [0.1, 0.15) is 12.4 Å². The predicted molar refractivity (Wildman–Crippen MR) is 104 cm³/mol. The molecule has 1 aliphatic rings. The summed E-state index contributed by atoms with van der Waals surface area (Å²) in [5.41, 5.74) is 1.67. The van der Waals surface area contributed by atoms with E-state index in [1.165, 1.54) is 18.2 Å². The lowest BCUT2D eigenvalue weighted by atomic mass is 9.99. The summed E-state index contributed by atoms with van der Waals surface area (Å²) in [6.45, 7) is -0.0717. The molecule has 3 aromatic rings. The average molecular weight is 420 g/mol. The van der Waals surface area contributed by atoms with Gasteiger partial charge in [-0.05, 0) is 52.9 Å². The van der Waals surface area contributed by atoms with Crippen molar-refractivity contribution in [3.8, 4) is 16.9 Å². The Morgan fingerprint density at radius 2 is 1.89 bits per heavy atom. The van der Waals surface area contributed by atoms with Crippen molar-refractivity contribution in [1.29, 1.82) is 0 Å². The summed E-state index contributed by atoms with van der Waals surface area (Å²) in [5, 5.41) is 10.1. The van der Waals surface area contributed by atoms with Gasteiger partial charge in [0.2, 0.25) is 0 Å². The molecule has 4 bridgehead atoms. The van der Waals surface area contributed by atoms with E-state index >= 15 is 0 Å². The van der Waals surface area contributed by atoms with Gasteiger partial charge in [-0.3, -0.25) is 0 Å². The SMILES string of the molecule is O=C1OCc2ccccc2-c2cc(F)c(F)c(c2)NSc2cc1cc(Cl)c2O. The quantitative estimate of drug-likeness (QED) is 0.357. The Morgan fingerprint density at radius 3 is 2.71 bits per heavy atom. The summed E-state index contributed by atoms with van der Waals surface area (Å²) in [6.07, 6.45) is 0. The second kappa shape index (κ2) is 7.33. The van der Waals surface area contributed by atoms with Gasteiger partial charge in [-0.15, -0.1) is 0 Å². The number of carbonyl (C=O) groups is 1. The van der Waals surface area contributed by atoms with Crippen LogP contribution >= 0.6 is 23.5 Å². The van der Waals surface area contributed by atoms with Gasteiger partial charge in [0.05, 0.1) is 21.2 Å². The van der Waals surface area contributed by atoms with E-state index in [0.29, 0.717) is 16.7 Å². The third-order valence-electron chi connectivity index (χ3n) is 4.25. The first-order valence-corrected chi connectivity index (χ1v) is 9.33. The van der Waals surface area contributed by atoms with Crippen molar-refractivity contribution < 1.29 is 23.4 Å². The number of cyclic esters (lactones) is 1. The summed E-state index contributed by atoms with van der Waals surface area (Å²) in [4.78, 5) is 12.6. The molecule has 0 spiro atoms. The molecule has 8 heteroatoms. The number of halogens is 3. The molecule has 28 heavy (non-hydrogen) atoms. The fraction of sp³-hybridized carbons (Fsp3) is 0.0500. The fourth-order valence-corrected chi connectivity index (χ4v) is 3.89. The van der Waals surface area contributed by atoms with Crippen molar-refractivity contribution >= 4 is 35.2 Å². The minimum Gasteiger partial charge on any atom is -0.505 e. The van der Waals surface area contributed by atoms with Crippen LogP contribution in [0.25, 0.3) is 11.1 Å². The maximum Gasteiger partial charge on any atom is 0.338 e. The average Bonchev–Trinajstić information content (AvgIpc) is 2.70. The lowest BCUT2D eigenvalue weighted by Gasteiger charge is -2.13. The zero-order valence-corrected chi connectivity index (χ0v) is 15.7. The number of anilines is 1. The molecule has 0 saturated carbocycles. The third kappa shape index (κ3) is 3.39. The van der Waals surface area contributed by atoms with E-state index in [-0.39, 0.29) is 33.5 Å². The van der Waals surface area contributed by atoms with Crippen LogP contribution in [-0.4, -0.2) is 11.1 Å². The lowest BCUT2D eigenvalue weighted by molar-refractivity contribution is 0.0473. The number of hydrogen-bond acceptors (Lipinski definition) is 5. The fourth-order valence-electron chi connectivity index (χ4n) is 2.85. The number of phenols is 1. The van der Waals surface area contributed by atoms with Crippen LogP contribution in [0.15, 0.2) is 53.4 Å². The highest BCUT2D eigenvalue weighted by Gasteiger charge is 2.19. The van der Waals surface area contributed by atoms with Crippen molar-refractivity contribution in [2.45, 2.75) is 11.5 Å². The maximum absolute atomic E-state index is 14.3. The molecule has 2 N–H and O–H groups in total. The van der Waals surface area contributed by atoms with Crippen LogP contribution in [0.4, 0.5) is 14.5 Å². The summed E-state index contributed by atoms with van der Waals surface area (Å²) in [6, 6.07) is 12.2. The number of hydrogen-bond donors (Lipinski definition) is 2. The Balaban J connectivity index is 1.90. The standard InChI is InChI=1S/C20H12ClF2NO3S/c21-14-5-12-8-17(19(14)25)28-24-16-7-11(6-15(22)18(16)23)13-4-2-1-3-10(13)9-27-20(12)26/h1-8,24-25H,9H2. The van der Waals surface area contributed by atoms with Crippen molar-refractivity contribution in [1.82, 2.24) is 0 Å². The molecule has 0 aliphatic carbocycles. The number of fused-ring (bicyclic) bond motifs is 6. The molecule has 0 unspecified atom stereocenters. The van der Waals surface area contributed by atoms with E-state index in [0.717, 1.165) is 18.0 Å². The van der Waals surface area contributed by atoms with E-state index in [1.807, 2.05) is 0 Å². The van der Waals surface area contributed by atoms with Gasteiger partial charge in [-0.25, -0.2) is 13.6 Å². The monoisotopic (exact) mass is 419 g/mol. The number of benzene rings is 3. The molecule has 0 radical (unpaired) electrons. The third-order valence-corrected chi connectivity index (χ3v) is 5.39. The van der Waals surface area contributed by atoms with Crippen LogP contribution < -0.4 is 4.72 Å². The van der Waals surface area contributed by atoms with Crippen molar-refractivity contribution in [3.63, 3.8) is 0 Å². The van der Waals surface area contributed by atoms with E-state index < -0.39 is 17.6 Å². The van der Waals surface area contributed by atoms with Gasteiger partial charge in [-0.1, -0.05) is 35.9 Å². The van der Waals surface area contributed by atoms with Crippen LogP contribution in [0.1, 0.15) is 15.9 Å². The molecule has 142 valence electrons. The molecule has 0 atom stereocenters. The molecule has 1 aliphatic heterocycles. The first-order valence-electron chi connectivity index (χ1n) is 8.14. The Labute approximate surface area is 168 Å². The lowest BCUT2D eigenvalue weighted by Crippen LogP contribution is -2.06. The molecule has 0 saturated heterocycles. The largest absolute Gasteiger partial charge is 0.505 e. The number of esters is 1. The van der Waals surface area contributed by atoms with Crippen LogP contribution in [-0.2, 0) is 11.3 Å². The molecule has 3 aromatic carbocycles. The Hall–Kier alpha value is -2.77. The molecule has 0 amide bonds. The number of aromatic hydroxyl groups is 1. The normalized spacial score (nSPS) is 13.3. The highest BCUT2D eigenvalue weighted by molar-refractivity contribution is 8.00. The second-order valence-electron chi connectivity index (χ2n) is 6.06. The topological polar surface area (TPSA) is 58.6 Å². The first-order chi connectivity index (χ1) is 13.4. The zero-order valence-electron chi connectivity index (χ0n) is 14.1. The van der Waals surface area contributed by atoms with Crippen LogP contribution in [0, 0.1) is 11.6 Å². The number of nitrogens with one attached hydrogen (secondary N) is 1. The summed E-state index contributed by atoms with van der Waals surface area (Å²) < 4.78 is 36.6. The van der Waals surface area contributed by atoms with Crippen molar-refractivity contribution in [2.75, 3.05) is 4.72 Å². The van der Waals surface area contributed by atoms with E-state index in [1.54, 1.807) is 24.3 Å². The number of carbonyl (C=O) groups excluding carboxylic acids is 1. The minimum atomic E-state index is -1.06. The predicted octanol–water partition coefficient (Wildman–Crippen LogP) is 5.78. The molecule has 0 aromatic heterocycles. The first kappa shape index (κ1) is 18.6. The van der Waals surface area contributed by atoms with Gasteiger partial charge < -0.3 is 14.6 Å². The highest BCUT2D eigenvalue weighted by Crippen LogP contribution is 2.38. The van der Waals surface area contributed by atoms with E-state index in [2.05, 4.69) is 4.72 Å². The Bertz CT molecular complexity index is 1110. The smallest absolute Gasteiger partial charge is 0.338 e. The second-order valence-corrected chi connectivity index (χ2v) is 7.32. The molecule has 4 rings (SSSR count). The van der Waals surface area contributed by atoms with Crippen molar-refractivity contribution in [2.24, 2.45) is 0 Å². The van der Waals surface area contributed by atoms with Crippen LogP contribution in [0.5, 0.6) is 5.75 Å². The van der Waals surface area contributed by atoms with E-state index in [9.17, 15) is 18.7 Å². The number of phenolic OH excluding ortho intramolecular Hbond substituents is 1. The van der Waals surface area contributed by atoms with Crippen LogP contribution in [0.3, 0.4) is 0 Å². The molecule has 0 fully saturated rings. The summed E-state index contributed by atoms with van der Waals surface area (Å²) >= 11 is 6.79. The van der Waals surface area contributed by atoms with E-state index in [4.69, 9.17) is 16.3 Å². The van der Waals surface area contributed by atoms with Gasteiger partial charge in [0, 0.05) is 0 Å². The van der Waals surface area contributed by atoms with Crippen LogP contribution in [0.2, 0.25) is 5.02 Å². The maximum atomic E-state index is 14.3. The summed E-state index contributed by atoms with van der Waals surface area (Å²) in [5.74, 6) is -3.01. The highest BCUT2D eigenvalue weighted by atomic mass is 35.5. The minimum absolute atomic E-state index is 0.0607. The number of ether oxygens (including phenoxy) is 1. The molecule has 4 nitrogen and oxygen atoms in total. The molecular formula is C20H12ClF2NO3S. The Kier molecular flexibility index (Phi) is 4.87. The number of rotatable bonds is 0. The Morgan fingerprint density at radius 1 is 1.11 bits per heavy atom. The molecular weight excluding hydrogens is 408 g/mol. The van der Waals surface area contributed by atoms with Crippen molar-refractivity contribution in [3.05, 3.63) is 76.3 Å². The van der Waals surface area contributed by atoms with Gasteiger partial charge in [-0.2, -0.15) is 0 Å². The van der Waals surface area contributed by atoms with Gasteiger partial charge in [0.15, 0.2) is 11.6 Å². The van der Waals surface area contributed by atoms with Gasteiger partial charge in [0.25, 0.3) is 0 Å². The van der Waals surface area contributed by atoms with Gasteiger partial charge >= 0.3 is 5.97 Å². The zero-order chi connectivity index (χ0) is 19.8. The molecule has 1 heterocycles.